The maximum Gasteiger partial charge on any atom is 0.335 e. The van der Waals surface area contributed by atoms with Gasteiger partial charge in [-0.3, -0.25) is 9.59 Å². The monoisotopic (exact) mass is 396 g/mol. The number of carboxylic acids is 1. The fraction of sp³-hybridized carbons (Fsp3) is 0.190. The first-order chi connectivity index (χ1) is 13.9. The topological polar surface area (TPSA) is 118 Å². The van der Waals surface area contributed by atoms with Crippen LogP contribution in [0.15, 0.2) is 53.3 Å². The van der Waals surface area contributed by atoms with Gasteiger partial charge in [0.2, 0.25) is 0 Å². The Morgan fingerprint density at radius 1 is 1.14 bits per heavy atom. The van der Waals surface area contributed by atoms with E-state index in [1.54, 1.807) is 36.4 Å². The van der Waals surface area contributed by atoms with Crippen molar-refractivity contribution in [1.29, 1.82) is 0 Å². The van der Waals surface area contributed by atoms with Crippen LogP contribution in [0.5, 0.6) is 11.5 Å². The highest BCUT2D eigenvalue weighted by Crippen LogP contribution is 2.23. The van der Waals surface area contributed by atoms with Crippen LogP contribution < -0.4 is 15.6 Å². The number of carbonyl (C=O) groups is 2. The van der Waals surface area contributed by atoms with E-state index in [1.807, 2.05) is 0 Å². The third-order valence-electron chi connectivity index (χ3n) is 4.46. The summed E-state index contributed by atoms with van der Waals surface area (Å²) in [5, 5.41) is 22.3. The summed E-state index contributed by atoms with van der Waals surface area (Å²) in [7, 11) is 1.53. The van der Waals surface area contributed by atoms with E-state index < -0.39 is 23.2 Å². The molecule has 0 radical (unpaired) electrons. The molecular weight excluding hydrogens is 376 g/mol. The highest BCUT2D eigenvalue weighted by Gasteiger charge is 2.20. The van der Waals surface area contributed by atoms with E-state index in [0.717, 1.165) is 0 Å². The molecule has 0 unspecified atom stereocenters. The fourth-order valence-corrected chi connectivity index (χ4v) is 2.98. The zero-order chi connectivity index (χ0) is 21.0. The van der Waals surface area contributed by atoms with Crippen LogP contribution >= 0.6 is 0 Å². The van der Waals surface area contributed by atoms with E-state index >= 15 is 0 Å². The molecule has 0 fully saturated rings. The lowest BCUT2D eigenvalue weighted by atomic mass is 10.1. The van der Waals surface area contributed by atoms with Crippen molar-refractivity contribution in [3.8, 4) is 11.5 Å². The number of aromatic hydroxyl groups is 1. The van der Waals surface area contributed by atoms with Crippen molar-refractivity contribution in [2.24, 2.45) is 7.05 Å². The van der Waals surface area contributed by atoms with Crippen LogP contribution in [0.1, 0.15) is 27.1 Å². The molecule has 0 aliphatic carbocycles. The first-order valence-electron chi connectivity index (χ1n) is 8.95. The number of rotatable bonds is 7. The van der Waals surface area contributed by atoms with Crippen LogP contribution in [0, 0.1) is 0 Å². The molecule has 8 heteroatoms. The number of carboxylic acid groups (broad SMARTS) is 1. The lowest BCUT2D eigenvalue weighted by Crippen LogP contribution is -2.28. The van der Waals surface area contributed by atoms with Crippen LogP contribution in [0.2, 0.25) is 0 Å². The van der Waals surface area contributed by atoms with Gasteiger partial charge in [0.05, 0.1) is 23.3 Å². The second-order valence-corrected chi connectivity index (χ2v) is 6.40. The molecule has 0 spiro atoms. The zero-order valence-electron chi connectivity index (χ0n) is 15.7. The third kappa shape index (κ3) is 4.21. The first kappa shape index (κ1) is 19.9. The maximum absolute atomic E-state index is 12.6. The summed E-state index contributed by atoms with van der Waals surface area (Å²) in [6.45, 7) is 0.507. The second-order valence-electron chi connectivity index (χ2n) is 6.40. The number of carbonyl (C=O) groups excluding carboxylic acids is 1. The van der Waals surface area contributed by atoms with Crippen LogP contribution in [0.25, 0.3) is 10.9 Å². The number of pyridine rings is 1. The Bertz CT molecular complexity index is 1140. The van der Waals surface area contributed by atoms with Gasteiger partial charge in [0.25, 0.3) is 11.5 Å². The number of nitrogens with zero attached hydrogens (tertiary/aromatic N) is 1. The largest absolute Gasteiger partial charge is 0.502 e. The lowest BCUT2D eigenvalue weighted by Gasteiger charge is -2.12. The maximum atomic E-state index is 12.6. The van der Waals surface area contributed by atoms with Gasteiger partial charge < -0.3 is 24.8 Å². The first-order valence-corrected chi connectivity index (χ1v) is 8.95. The molecule has 0 aliphatic heterocycles. The van der Waals surface area contributed by atoms with Gasteiger partial charge in [-0.2, -0.15) is 0 Å². The van der Waals surface area contributed by atoms with Gasteiger partial charge in [-0.05, 0) is 30.7 Å². The number of fused-ring (bicyclic) bond motifs is 1. The molecule has 1 heterocycles. The van der Waals surface area contributed by atoms with Crippen LogP contribution in [0.3, 0.4) is 0 Å². The van der Waals surface area contributed by atoms with E-state index in [0.29, 0.717) is 23.1 Å². The van der Waals surface area contributed by atoms with E-state index in [4.69, 9.17) is 9.84 Å². The molecule has 8 nitrogen and oxygen atoms in total. The van der Waals surface area contributed by atoms with Crippen molar-refractivity contribution in [2.45, 2.75) is 6.42 Å². The Hall–Kier alpha value is -3.81. The van der Waals surface area contributed by atoms with E-state index in [1.165, 1.54) is 23.7 Å². The molecule has 1 amide bonds. The fourth-order valence-electron chi connectivity index (χ4n) is 2.98. The predicted molar refractivity (Wildman–Crippen MR) is 107 cm³/mol. The number of benzene rings is 2. The molecular formula is C21H20N2O6. The average Bonchev–Trinajstić information content (AvgIpc) is 2.72. The SMILES string of the molecule is Cn1c(=O)c(O)c(C(=O)NCCCOc2cccc(C(=O)O)c2)c2ccccc21. The summed E-state index contributed by atoms with van der Waals surface area (Å²) in [6, 6.07) is 13.0. The Labute approximate surface area is 166 Å². The number of hydrogen-bond acceptors (Lipinski definition) is 5. The Kier molecular flexibility index (Phi) is 5.82. The van der Waals surface area contributed by atoms with Crippen LogP contribution in [-0.2, 0) is 7.05 Å². The van der Waals surface area contributed by atoms with E-state index in [9.17, 15) is 19.5 Å². The number of aryl methyl sites for hydroxylation is 1. The quantitative estimate of drug-likeness (QED) is 0.527. The van der Waals surface area contributed by atoms with Crippen molar-refractivity contribution >= 4 is 22.8 Å². The summed E-state index contributed by atoms with van der Waals surface area (Å²) < 4.78 is 6.79. The number of para-hydroxylation sites is 1. The minimum absolute atomic E-state index is 0.0567. The summed E-state index contributed by atoms with van der Waals surface area (Å²) in [5.41, 5.74) is -0.0276. The van der Waals surface area contributed by atoms with E-state index in [-0.39, 0.29) is 24.3 Å². The number of nitrogens with one attached hydrogen (secondary N) is 1. The van der Waals surface area contributed by atoms with Crippen molar-refractivity contribution in [3.63, 3.8) is 0 Å². The normalized spacial score (nSPS) is 10.7. The summed E-state index contributed by atoms with van der Waals surface area (Å²) >= 11 is 0. The molecule has 150 valence electrons. The molecule has 0 saturated heterocycles. The van der Waals surface area contributed by atoms with Gasteiger partial charge in [-0.1, -0.05) is 24.3 Å². The molecule has 2 aromatic carbocycles. The van der Waals surface area contributed by atoms with Gasteiger partial charge in [0.15, 0.2) is 5.75 Å². The number of aromatic carboxylic acids is 1. The smallest absolute Gasteiger partial charge is 0.335 e. The van der Waals surface area contributed by atoms with Crippen molar-refractivity contribution in [3.05, 3.63) is 70.0 Å². The molecule has 0 aliphatic rings. The molecule has 1 aromatic heterocycles. The van der Waals surface area contributed by atoms with Gasteiger partial charge in [-0.15, -0.1) is 0 Å². The van der Waals surface area contributed by atoms with Crippen LogP contribution in [0.4, 0.5) is 0 Å². The van der Waals surface area contributed by atoms with Gasteiger partial charge in [-0.25, -0.2) is 4.79 Å². The van der Waals surface area contributed by atoms with Gasteiger partial charge in [0.1, 0.15) is 5.75 Å². The highest BCUT2D eigenvalue weighted by atomic mass is 16.5. The number of aromatic nitrogens is 1. The number of hydrogen-bond donors (Lipinski definition) is 3. The van der Waals surface area contributed by atoms with Gasteiger partial charge in [0, 0.05) is 19.0 Å². The summed E-state index contributed by atoms with van der Waals surface area (Å²) in [6.07, 6.45) is 0.451. The second kappa shape index (κ2) is 8.47. The third-order valence-corrected chi connectivity index (χ3v) is 4.46. The summed E-state index contributed by atoms with van der Waals surface area (Å²) in [4.78, 5) is 35.7. The lowest BCUT2D eigenvalue weighted by molar-refractivity contribution is 0.0696. The average molecular weight is 396 g/mol. The molecule has 3 rings (SSSR count). The number of amides is 1. The van der Waals surface area contributed by atoms with Crippen molar-refractivity contribution < 1.29 is 24.5 Å². The number of ether oxygens (including phenoxy) is 1. The van der Waals surface area contributed by atoms with E-state index in [2.05, 4.69) is 5.32 Å². The Balaban J connectivity index is 1.63. The van der Waals surface area contributed by atoms with Crippen molar-refractivity contribution in [1.82, 2.24) is 9.88 Å². The molecule has 3 aromatic rings. The van der Waals surface area contributed by atoms with Crippen LogP contribution in [-0.4, -0.2) is 39.8 Å². The highest BCUT2D eigenvalue weighted by molar-refractivity contribution is 6.08. The van der Waals surface area contributed by atoms with Crippen molar-refractivity contribution in [2.75, 3.05) is 13.2 Å². The molecule has 0 saturated carbocycles. The minimum atomic E-state index is -1.04. The molecule has 0 atom stereocenters. The molecule has 0 bridgehead atoms. The molecule has 29 heavy (non-hydrogen) atoms. The van der Waals surface area contributed by atoms with Gasteiger partial charge >= 0.3 is 5.97 Å². The Morgan fingerprint density at radius 2 is 1.90 bits per heavy atom. The zero-order valence-corrected chi connectivity index (χ0v) is 15.7. The standard InChI is InChI=1S/C21H20N2O6/c1-23-16-9-3-2-8-15(16)17(18(24)20(23)26)19(25)22-10-5-11-29-14-7-4-6-13(12-14)21(27)28/h2-4,6-9,12,24H,5,10-11H2,1H3,(H,22,25)(H,27,28). The molecule has 3 N–H and O–H groups in total. The summed E-state index contributed by atoms with van der Waals surface area (Å²) in [5.74, 6) is -1.76. The Morgan fingerprint density at radius 3 is 2.66 bits per heavy atom. The predicted octanol–water partition coefficient (Wildman–Crippen LogP) is 2.14. The minimum Gasteiger partial charge on any atom is -0.502 e.